The number of hydrogen-bond acceptors (Lipinski definition) is 5. The average Bonchev–Trinajstić information content (AvgIpc) is 2.87. The van der Waals surface area contributed by atoms with E-state index in [0.29, 0.717) is 0 Å². The Bertz CT molecular complexity index is 565. The van der Waals surface area contributed by atoms with Gasteiger partial charge in [0.15, 0.2) is 0 Å². The molecule has 0 bridgehead atoms. The summed E-state index contributed by atoms with van der Waals surface area (Å²) >= 11 is 3.65. The van der Waals surface area contributed by atoms with E-state index in [1.807, 2.05) is 11.8 Å². The van der Waals surface area contributed by atoms with Crippen molar-refractivity contribution in [1.82, 2.24) is 9.97 Å². The molecule has 0 aliphatic carbocycles. The van der Waals surface area contributed by atoms with Gasteiger partial charge in [-0.15, -0.1) is 23.1 Å². The van der Waals surface area contributed by atoms with Gasteiger partial charge in [0.2, 0.25) is 5.95 Å². The summed E-state index contributed by atoms with van der Waals surface area (Å²) in [5.41, 5.74) is 0. The molecule has 0 aliphatic rings. The molecule has 20 heavy (non-hydrogen) atoms. The second kappa shape index (κ2) is 7.27. The molecule has 110 valence electrons. The Morgan fingerprint density at radius 2 is 2.10 bits per heavy atom. The van der Waals surface area contributed by atoms with Crippen LogP contribution in [-0.2, 0) is 6.42 Å². The van der Waals surface area contributed by atoms with Gasteiger partial charge in [-0.2, -0.15) is 0 Å². The third-order valence-corrected chi connectivity index (χ3v) is 5.79. The van der Waals surface area contributed by atoms with Crippen LogP contribution in [0.4, 0.5) is 5.95 Å². The minimum absolute atomic E-state index is 0.719. The largest absolute Gasteiger partial charge is 0.354 e. The van der Waals surface area contributed by atoms with Crippen molar-refractivity contribution in [1.29, 1.82) is 0 Å². The van der Waals surface area contributed by atoms with E-state index in [1.165, 1.54) is 16.7 Å². The predicted octanol–water partition coefficient (Wildman–Crippen LogP) is 4.82. The highest BCUT2D eigenvalue weighted by Crippen LogP contribution is 2.33. The van der Waals surface area contributed by atoms with Crippen molar-refractivity contribution in [3.05, 3.63) is 10.9 Å². The molecule has 5 heteroatoms. The Morgan fingerprint density at radius 1 is 1.30 bits per heavy atom. The second-order valence-electron chi connectivity index (χ2n) is 4.99. The highest BCUT2D eigenvalue weighted by Gasteiger charge is 2.12. The number of nitrogens with zero attached hydrogens (tertiary/aromatic N) is 2. The SMILES string of the molecule is CCNc1nc(SCC(C)CC)c2cc(CC)sc2n1. The molecule has 0 aromatic carbocycles. The molecule has 1 atom stereocenters. The van der Waals surface area contributed by atoms with Crippen molar-refractivity contribution in [2.75, 3.05) is 17.6 Å². The number of rotatable bonds is 7. The molecular formula is C15H23N3S2. The van der Waals surface area contributed by atoms with Gasteiger partial charge >= 0.3 is 0 Å². The van der Waals surface area contributed by atoms with Crippen LogP contribution in [0.25, 0.3) is 10.2 Å². The van der Waals surface area contributed by atoms with Crippen LogP contribution in [0.15, 0.2) is 11.1 Å². The maximum Gasteiger partial charge on any atom is 0.225 e. The number of nitrogens with one attached hydrogen (secondary N) is 1. The van der Waals surface area contributed by atoms with E-state index >= 15 is 0 Å². The van der Waals surface area contributed by atoms with E-state index in [-0.39, 0.29) is 0 Å². The lowest BCUT2D eigenvalue weighted by molar-refractivity contribution is 0.636. The molecule has 2 rings (SSSR count). The van der Waals surface area contributed by atoms with Crippen molar-refractivity contribution in [2.45, 2.75) is 45.6 Å². The molecule has 2 heterocycles. The summed E-state index contributed by atoms with van der Waals surface area (Å²) in [5.74, 6) is 2.60. The molecule has 0 aliphatic heterocycles. The van der Waals surface area contributed by atoms with Crippen LogP contribution in [0.2, 0.25) is 0 Å². The van der Waals surface area contributed by atoms with Gasteiger partial charge in [0.05, 0.1) is 0 Å². The summed E-state index contributed by atoms with van der Waals surface area (Å²) in [7, 11) is 0. The number of thioether (sulfide) groups is 1. The van der Waals surface area contributed by atoms with Crippen LogP contribution < -0.4 is 5.32 Å². The number of aryl methyl sites for hydroxylation is 1. The van der Waals surface area contributed by atoms with Crippen molar-refractivity contribution in [2.24, 2.45) is 5.92 Å². The van der Waals surface area contributed by atoms with E-state index in [9.17, 15) is 0 Å². The van der Waals surface area contributed by atoms with E-state index in [1.54, 1.807) is 11.3 Å². The Balaban J connectivity index is 2.34. The molecule has 1 N–H and O–H groups in total. The zero-order valence-corrected chi connectivity index (χ0v) is 14.3. The van der Waals surface area contributed by atoms with Gasteiger partial charge in [0, 0.05) is 22.6 Å². The van der Waals surface area contributed by atoms with Gasteiger partial charge in [-0.3, -0.25) is 0 Å². The van der Waals surface area contributed by atoms with Gasteiger partial charge < -0.3 is 5.32 Å². The first kappa shape index (κ1) is 15.6. The zero-order valence-electron chi connectivity index (χ0n) is 12.7. The first-order chi connectivity index (χ1) is 9.67. The van der Waals surface area contributed by atoms with Gasteiger partial charge in [-0.1, -0.05) is 27.2 Å². The van der Waals surface area contributed by atoms with E-state index in [4.69, 9.17) is 4.98 Å². The fraction of sp³-hybridized carbons (Fsp3) is 0.600. The molecule has 0 amide bonds. The molecule has 2 aromatic heterocycles. The first-order valence-corrected chi connectivity index (χ1v) is 9.15. The minimum atomic E-state index is 0.719. The topological polar surface area (TPSA) is 37.8 Å². The Kier molecular flexibility index (Phi) is 5.66. The average molecular weight is 310 g/mol. The summed E-state index contributed by atoms with van der Waals surface area (Å²) in [6, 6.07) is 2.26. The molecule has 0 radical (unpaired) electrons. The molecule has 0 fully saturated rings. The monoisotopic (exact) mass is 309 g/mol. The summed E-state index contributed by atoms with van der Waals surface area (Å²) in [4.78, 5) is 11.8. The van der Waals surface area contributed by atoms with Crippen LogP contribution in [0, 0.1) is 5.92 Å². The highest BCUT2D eigenvalue weighted by molar-refractivity contribution is 7.99. The quantitative estimate of drug-likeness (QED) is 0.587. The Hall–Kier alpha value is -0.810. The summed E-state index contributed by atoms with van der Waals surface area (Å²) in [6.45, 7) is 9.65. The molecule has 2 aromatic rings. The van der Waals surface area contributed by atoms with Crippen molar-refractivity contribution < 1.29 is 0 Å². The van der Waals surface area contributed by atoms with Crippen LogP contribution >= 0.6 is 23.1 Å². The lowest BCUT2D eigenvalue weighted by Gasteiger charge is -2.09. The van der Waals surface area contributed by atoms with Gasteiger partial charge in [0.1, 0.15) is 9.86 Å². The molecular weight excluding hydrogens is 286 g/mol. The van der Waals surface area contributed by atoms with E-state index in [0.717, 1.165) is 40.4 Å². The lowest BCUT2D eigenvalue weighted by Crippen LogP contribution is -2.03. The van der Waals surface area contributed by atoms with Crippen LogP contribution in [0.1, 0.15) is 39.0 Å². The minimum Gasteiger partial charge on any atom is -0.354 e. The van der Waals surface area contributed by atoms with Crippen LogP contribution in [0.3, 0.4) is 0 Å². The van der Waals surface area contributed by atoms with Crippen LogP contribution in [0.5, 0.6) is 0 Å². The van der Waals surface area contributed by atoms with Gasteiger partial charge in [-0.25, -0.2) is 9.97 Å². The Morgan fingerprint density at radius 3 is 2.75 bits per heavy atom. The van der Waals surface area contributed by atoms with Gasteiger partial charge in [-0.05, 0) is 25.3 Å². The molecule has 0 spiro atoms. The maximum atomic E-state index is 4.69. The van der Waals surface area contributed by atoms with E-state index < -0.39 is 0 Å². The van der Waals surface area contributed by atoms with E-state index in [2.05, 4.69) is 44.1 Å². The molecule has 3 nitrogen and oxygen atoms in total. The van der Waals surface area contributed by atoms with Gasteiger partial charge in [0.25, 0.3) is 0 Å². The fourth-order valence-electron chi connectivity index (χ4n) is 1.81. The maximum absolute atomic E-state index is 4.69. The zero-order chi connectivity index (χ0) is 14.5. The summed E-state index contributed by atoms with van der Waals surface area (Å²) < 4.78 is 0. The second-order valence-corrected chi connectivity index (χ2v) is 7.12. The molecule has 1 unspecified atom stereocenters. The number of hydrogen-bond donors (Lipinski definition) is 1. The standard InChI is InChI=1S/C15H23N3S2/c1-5-10(4)9-19-13-12-8-11(6-2)20-14(12)18-15(17-13)16-7-3/h8,10H,5-7,9H2,1-4H3,(H,16,17,18). The predicted molar refractivity (Wildman–Crippen MR) is 91.1 cm³/mol. The van der Waals surface area contributed by atoms with Crippen LogP contribution in [-0.4, -0.2) is 22.3 Å². The highest BCUT2D eigenvalue weighted by atomic mass is 32.2. The summed E-state index contributed by atoms with van der Waals surface area (Å²) in [5, 5.41) is 5.59. The molecule has 0 saturated heterocycles. The normalized spacial score (nSPS) is 12.8. The number of anilines is 1. The fourth-order valence-corrected chi connectivity index (χ4v) is 3.98. The number of thiophene rings is 1. The van der Waals surface area contributed by atoms with Crippen molar-refractivity contribution >= 4 is 39.3 Å². The first-order valence-electron chi connectivity index (χ1n) is 7.35. The van der Waals surface area contributed by atoms with Crippen molar-refractivity contribution in [3.63, 3.8) is 0 Å². The smallest absolute Gasteiger partial charge is 0.225 e. The third-order valence-electron chi connectivity index (χ3n) is 3.29. The number of fused-ring (bicyclic) bond motifs is 1. The third kappa shape index (κ3) is 3.64. The number of aromatic nitrogens is 2. The summed E-state index contributed by atoms with van der Waals surface area (Å²) in [6.07, 6.45) is 2.28. The molecule has 0 saturated carbocycles. The Labute approximate surface area is 129 Å². The van der Waals surface area contributed by atoms with Crippen molar-refractivity contribution in [3.8, 4) is 0 Å². The lowest BCUT2D eigenvalue weighted by atomic mass is 10.2.